The maximum Gasteiger partial charge on any atom is 0.0476 e. The van der Waals surface area contributed by atoms with Crippen LogP contribution in [-0.2, 0) is 10.8 Å². The molecule has 0 atom stereocenters. The molecule has 0 N–H and O–H groups in total. The molecule has 1 aromatic heterocycles. The first-order chi connectivity index (χ1) is 29.9. The van der Waals surface area contributed by atoms with Crippen molar-refractivity contribution in [3.63, 3.8) is 0 Å². The highest BCUT2D eigenvalue weighted by Crippen LogP contribution is 2.61. The van der Waals surface area contributed by atoms with Gasteiger partial charge >= 0.3 is 0 Å². The molecule has 0 spiro atoms. The van der Waals surface area contributed by atoms with Gasteiger partial charge in [-0.25, -0.2) is 0 Å². The quantitative estimate of drug-likeness (QED) is 0.162. The van der Waals surface area contributed by atoms with Crippen LogP contribution in [0.2, 0.25) is 0 Å². The number of fused-ring (bicyclic) bond motifs is 7. The van der Waals surface area contributed by atoms with E-state index < -0.39 is 0 Å². The molecule has 9 aromatic rings. The van der Waals surface area contributed by atoms with Crippen LogP contribution < -0.4 is 4.90 Å². The second kappa shape index (κ2) is 13.3. The third-order valence-corrected chi connectivity index (χ3v) is 16.7. The number of nitrogens with zero attached hydrogens (tertiary/aromatic N) is 1. The van der Waals surface area contributed by atoms with Crippen molar-refractivity contribution in [1.29, 1.82) is 0 Å². The van der Waals surface area contributed by atoms with Gasteiger partial charge in [0.2, 0.25) is 0 Å². The van der Waals surface area contributed by atoms with Crippen LogP contribution in [0.4, 0.5) is 17.1 Å². The topological polar surface area (TPSA) is 3.24 Å². The summed E-state index contributed by atoms with van der Waals surface area (Å²) in [6.07, 6.45) is 8.67. The lowest BCUT2D eigenvalue weighted by Crippen LogP contribution is -2.48. The van der Waals surface area contributed by atoms with Crippen molar-refractivity contribution in [3.05, 3.63) is 187 Å². The minimum Gasteiger partial charge on any atom is -0.310 e. The molecule has 5 aliphatic rings. The number of hydrogen-bond donors (Lipinski definition) is 0. The van der Waals surface area contributed by atoms with Crippen molar-refractivity contribution in [3.8, 4) is 33.4 Å². The summed E-state index contributed by atoms with van der Waals surface area (Å²) in [6.45, 7) is 4.74. The summed E-state index contributed by atoms with van der Waals surface area (Å²) in [6, 6.07) is 64.6. The van der Waals surface area contributed by atoms with Crippen LogP contribution in [0.3, 0.4) is 0 Å². The van der Waals surface area contributed by atoms with Gasteiger partial charge in [-0.2, -0.15) is 0 Å². The molecule has 0 radical (unpaired) electrons. The van der Waals surface area contributed by atoms with Crippen LogP contribution >= 0.6 is 11.3 Å². The summed E-state index contributed by atoms with van der Waals surface area (Å²) < 4.78 is 2.79. The van der Waals surface area contributed by atoms with Gasteiger partial charge in [0.25, 0.3) is 0 Å². The number of thiophene rings is 1. The zero-order valence-electron chi connectivity index (χ0n) is 35.0. The molecule has 4 bridgehead atoms. The molecule has 1 nitrogen and oxygen atoms in total. The fourth-order valence-electron chi connectivity index (χ4n) is 13.2. The Morgan fingerprint density at radius 1 is 0.459 bits per heavy atom. The van der Waals surface area contributed by atoms with E-state index in [9.17, 15) is 0 Å². The second-order valence-electron chi connectivity index (χ2n) is 19.6. The molecule has 2 heteroatoms. The first-order valence-corrected chi connectivity index (χ1v) is 23.4. The normalized spacial score (nSPS) is 21.9. The van der Waals surface area contributed by atoms with Crippen molar-refractivity contribution in [2.45, 2.75) is 63.2 Å². The molecule has 14 rings (SSSR count). The Kier molecular flexibility index (Phi) is 7.78. The van der Waals surface area contributed by atoms with Crippen molar-refractivity contribution < 1.29 is 0 Å². The maximum atomic E-state index is 2.61. The second-order valence-corrected chi connectivity index (χ2v) is 20.6. The van der Waals surface area contributed by atoms with E-state index in [0.29, 0.717) is 5.41 Å². The first-order valence-electron chi connectivity index (χ1n) is 22.6. The lowest BCUT2D eigenvalue weighted by atomic mass is 9.48. The summed E-state index contributed by atoms with van der Waals surface area (Å²) in [5, 5.41) is 5.30. The molecule has 5 aliphatic carbocycles. The highest BCUT2D eigenvalue weighted by atomic mass is 32.1. The van der Waals surface area contributed by atoms with Gasteiger partial charge in [0.15, 0.2) is 0 Å². The predicted octanol–water partition coefficient (Wildman–Crippen LogP) is 16.8. The third-order valence-electron chi connectivity index (χ3n) is 15.6. The van der Waals surface area contributed by atoms with Gasteiger partial charge in [0.1, 0.15) is 0 Å². The van der Waals surface area contributed by atoms with Gasteiger partial charge in [-0.15, -0.1) is 11.3 Å². The van der Waals surface area contributed by atoms with Crippen LogP contribution in [0.25, 0.3) is 64.3 Å². The Hall–Kier alpha value is -5.96. The van der Waals surface area contributed by atoms with E-state index in [1.165, 1.54) is 125 Å². The first kappa shape index (κ1) is 35.8. The Bertz CT molecular complexity index is 3180. The smallest absolute Gasteiger partial charge is 0.0476 e. The zero-order chi connectivity index (χ0) is 40.5. The van der Waals surface area contributed by atoms with E-state index in [0.717, 1.165) is 23.4 Å². The predicted molar refractivity (Wildman–Crippen MR) is 260 cm³/mol. The summed E-state index contributed by atoms with van der Waals surface area (Å²) in [4.78, 5) is 2.51. The fourth-order valence-corrected chi connectivity index (χ4v) is 14.4. The highest BCUT2D eigenvalue weighted by Gasteiger charge is 2.51. The molecule has 296 valence electrons. The van der Waals surface area contributed by atoms with Crippen LogP contribution in [0.5, 0.6) is 0 Å². The molecule has 4 fully saturated rings. The van der Waals surface area contributed by atoms with E-state index in [1.807, 2.05) is 11.3 Å². The van der Waals surface area contributed by atoms with Crippen LogP contribution in [-0.4, -0.2) is 0 Å². The Morgan fingerprint density at radius 3 is 1.80 bits per heavy atom. The van der Waals surface area contributed by atoms with Crippen molar-refractivity contribution in [1.82, 2.24) is 0 Å². The van der Waals surface area contributed by atoms with Gasteiger partial charge in [0, 0.05) is 42.6 Å². The summed E-state index contributed by atoms with van der Waals surface area (Å²) >= 11 is 1.99. The molecule has 0 unspecified atom stereocenters. The van der Waals surface area contributed by atoms with Crippen LogP contribution in [0.15, 0.2) is 170 Å². The number of anilines is 3. The SMILES string of the molecule is CC1(C)c2ccccc2-c2cc(N(c3cccc(-c4cccc5cccc(-c6ccccc6)c45)c3)c3ccc4c(c3)sc3cc(C56CC7CC(CC(C7)C5)C6)ccc34)ccc21. The molecule has 8 aromatic carbocycles. The Labute approximate surface area is 363 Å². The van der Waals surface area contributed by atoms with Crippen molar-refractivity contribution in [2.24, 2.45) is 17.8 Å². The van der Waals surface area contributed by atoms with E-state index in [4.69, 9.17) is 0 Å². The van der Waals surface area contributed by atoms with Crippen molar-refractivity contribution in [2.75, 3.05) is 4.90 Å². The Balaban J connectivity index is 0.971. The molecular weight excluding hydrogens is 755 g/mol. The number of hydrogen-bond acceptors (Lipinski definition) is 2. The fraction of sp³-hybridized carbons (Fsp3) is 0.220. The standard InChI is InChI=1S/C59H49NS/c1-58(2)53-20-7-6-17-49(53)52-32-45(23-26-54(52)58)60(44-16-8-15-42(30-44)48-19-10-14-41-13-9-18-47(57(41)48)40-11-4-3-5-12-40)46-22-25-51-50-24-21-43(31-55(50)61-56(51)33-46)59-34-37-27-38(35-59)29-39(28-37)36-59/h3-26,30-33,37-39H,27-29,34-36H2,1-2H3. The molecule has 0 saturated heterocycles. The van der Waals surface area contributed by atoms with Crippen molar-refractivity contribution >= 4 is 59.3 Å². The van der Waals surface area contributed by atoms with E-state index >= 15 is 0 Å². The van der Waals surface area contributed by atoms with Crippen LogP contribution in [0.1, 0.15) is 69.1 Å². The monoisotopic (exact) mass is 803 g/mol. The lowest BCUT2D eigenvalue weighted by molar-refractivity contribution is -0.00512. The summed E-state index contributed by atoms with van der Waals surface area (Å²) in [5.41, 5.74) is 15.9. The number of benzene rings is 8. The molecule has 0 amide bonds. The lowest BCUT2D eigenvalue weighted by Gasteiger charge is -2.57. The van der Waals surface area contributed by atoms with Gasteiger partial charge in [-0.1, -0.05) is 141 Å². The van der Waals surface area contributed by atoms with Gasteiger partial charge < -0.3 is 4.90 Å². The minimum absolute atomic E-state index is 0.0506. The number of rotatable bonds is 6. The van der Waals surface area contributed by atoms with E-state index in [2.05, 4.69) is 189 Å². The largest absolute Gasteiger partial charge is 0.310 e. The van der Waals surface area contributed by atoms with E-state index in [1.54, 1.807) is 5.56 Å². The average Bonchev–Trinajstić information content (AvgIpc) is 3.76. The van der Waals surface area contributed by atoms with Crippen LogP contribution in [0, 0.1) is 17.8 Å². The minimum atomic E-state index is -0.0506. The third kappa shape index (κ3) is 5.51. The molecule has 4 saturated carbocycles. The molecular formula is C59H49NS. The summed E-state index contributed by atoms with van der Waals surface area (Å²) in [5.74, 6) is 2.84. The molecule has 0 aliphatic heterocycles. The average molecular weight is 804 g/mol. The van der Waals surface area contributed by atoms with E-state index in [-0.39, 0.29) is 5.41 Å². The molecule has 61 heavy (non-hydrogen) atoms. The van der Waals surface area contributed by atoms with Gasteiger partial charge in [-0.05, 0) is 165 Å². The maximum absolute atomic E-state index is 2.61. The van der Waals surface area contributed by atoms with Gasteiger partial charge in [0.05, 0.1) is 0 Å². The van der Waals surface area contributed by atoms with Gasteiger partial charge in [-0.3, -0.25) is 0 Å². The summed E-state index contributed by atoms with van der Waals surface area (Å²) in [7, 11) is 0. The zero-order valence-corrected chi connectivity index (χ0v) is 35.8. The Morgan fingerprint density at radius 2 is 1.03 bits per heavy atom. The highest BCUT2D eigenvalue weighted by molar-refractivity contribution is 7.25. The molecule has 1 heterocycles.